The second kappa shape index (κ2) is 4.85. The molecule has 4 bridgehead atoms. The Morgan fingerprint density at radius 2 is 1.85 bits per heavy atom. The molecule has 1 aromatic rings. The van der Waals surface area contributed by atoms with Gasteiger partial charge in [-0.1, -0.05) is 0 Å². The van der Waals surface area contributed by atoms with E-state index >= 15 is 0 Å². The third kappa shape index (κ3) is 2.01. The molecule has 0 aromatic carbocycles. The van der Waals surface area contributed by atoms with E-state index in [1.165, 1.54) is 37.8 Å². The van der Waals surface area contributed by atoms with Crippen molar-refractivity contribution in [3.8, 4) is 0 Å². The highest BCUT2D eigenvalue weighted by Gasteiger charge is 2.49. The van der Waals surface area contributed by atoms with Gasteiger partial charge in [0.25, 0.3) is 0 Å². The Bertz CT molecular complexity index is 456. The van der Waals surface area contributed by atoms with E-state index in [9.17, 15) is 5.11 Å². The van der Waals surface area contributed by atoms with Crippen LogP contribution in [-0.2, 0) is 6.42 Å². The van der Waals surface area contributed by atoms with Crippen molar-refractivity contribution in [1.82, 2.24) is 9.78 Å². The molecule has 20 heavy (non-hydrogen) atoms. The van der Waals surface area contributed by atoms with Crippen LogP contribution in [0.25, 0.3) is 0 Å². The van der Waals surface area contributed by atoms with Crippen molar-refractivity contribution >= 4 is 0 Å². The second-order valence-corrected chi connectivity index (χ2v) is 7.28. The van der Waals surface area contributed by atoms with Gasteiger partial charge in [-0.05, 0) is 61.8 Å². The third-order valence-corrected chi connectivity index (χ3v) is 5.93. The summed E-state index contributed by atoms with van der Waals surface area (Å²) in [5.74, 6) is 3.62. The third-order valence-electron chi connectivity index (χ3n) is 5.93. The van der Waals surface area contributed by atoms with Crippen molar-refractivity contribution in [2.75, 3.05) is 6.54 Å². The summed E-state index contributed by atoms with van der Waals surface area (Å²) in [6, 6.07) is 2.64. The number of hydrogen-bond acceptors (Lipinski definition) is 3. The van der Waals surface area contributed by atoms with Crippen LogP contribution < -0.4 is 5.73 Å². The highest BCUT2D eigenvalue weighted by Crippen LogP contribution is 2.58. The van der Waals surface area contributed by atoms with Gasteiger partial charge in [0, 0.05) is 24.9 Å². The summed E-state index contributed by atoms with van der Waals surface area (Å²) in [7, 11) is 0. The van der Waals surface area contributed by atoms with Crippen LogP contribution in [0.4, 0.5) is 0 Å². The van der Waals surface area contributed by atoms with Gasteiger partial charge >= 0.3 is 0 Å². The number of hydrogen-bond donors (Lipinski definition) is 2. The molecular weight excluding hydrogens is 250 g/mol. The molecule has 0 spiro atoms. The maximum absolute atomic E-state index is 9.84. The van der Waals surface area contributed by atoms with Gasteiger partial charge in [-0.15, -0.1) is 0 Å². The van der Waals surface area contributed by atoms with Crippen LogP contribution >= 0.6 is 0 Å². The van der Waals surface area contributed by atoms with Gasteiger partial charge in [0.05, 0.1) is 12.1 Å². The number of nitrogens with zero attached hydrogens (tertiary/aromatic N) is 2. The predicted octanol–water partition coefficient (Wildman–Crippen LogP) is 1.74. The summed E-state index contributed by atoms with van der Waals surface area (Å²) in [5.41, 5.74) is 6.72. The van der Waals surface area contributed by atoms with Gasteiger partial charge in [0.2, 0.25) is 0 Å². The van der Waals surface area contributed by atoms with Crippen LogP contribution in [0.1, 0.15) is 43.8 Å². The van der Waals surface area contributed by atoms with Gasteiger partial charge in [0.15, 0.2) is 0 Å². The lowest BCUT2D eigenvalue weighted by Gasteiger charge is -2.54. The van der Waals surface area contributed by atoms with Crippen LogP contribution in [0.3, 0.4) is 0 Å². The topological polar surface area (TPSA) is 64.1 Å². The molecule has 1 unspecified atom stereocenters. The largest absolute Gasteiger partial charge is 0.391 e. The van der Waals surface area contributed by atoms with E-state index in [1.807, 2.05) is 6.20 Å². The minimum absolute atomic E-state index is 0.326. The maximum Gasteiger partial charge on any atom is 0.0717 e. The predicted molar refractivity (Wildman–Crippen MR) is 77.1 cm³/mol. The van der Waals surface area contributed by atoms with E-state index in [-0.39, 0.29) is 0 Å². The van der Waals surface area contributed by atoms with E-state index in [1.54, 1.807) is 0 Å². The summed E-state index contributed by atoms with van der Waals surface area (Å²) >= 11 is 0. The van der Waals surface area contributed by atoms with Crippen molar-refractivity contribution in [1.29, 1.82) is 0 Å². The Kier molecular flexibility index (Phi) is 3.11. The molecule has 0 amide bonds. The first kappa shape index (κ1) is 12.8. The Labute approximate surface area is 120 Å². The number of rotatable bonds is 4. The smallest absolute Gasteiger partial charge is 0.0717 e. The number of aliphatic hydroxyl groups is 1. The molecule has 4 aliphatic carbocycles. The van der Waals surface area contributed by atoms with Gasteiger partial charge in [0.1, 0.15) is 0 Å². The fraction of sp³-hybridized carbons (Fsp3) is 0.812. The molecule has 4 heteroatoms. The quantitative estimate of drug-likeness (QED) is 0.880. The van der Waals surface area contributed by atoms with Crippen LogP contribution in [0.5, 0.6) is 0 Å². The highest BCUT2D eigenvalue weighted by atomic mass is 16.3. The van der Waals surface area contributed by atoms with Gasteiger partial charge in [-0.2, -0.15) is 5.10 Å². The normalized spacial score (nSPS) is 40.2. The lowest BCUT2D eigenvalue weighted by atomic mass is 9.54. The van der Waals surface area contributed by atoms with E-state index < -0.39 is 6.10 Å². The van der Waals surface area contributed by atoms with Crippen molar-refractivity contribution in [3.05, 3.63) is 18.0 Å². The summed E-state index contributed by atoms with van der Waals surface area (Å²) in [5, 5.41) is 14.5. The Morgan fingerprint density at radius 1 is 1.20 bits per heavy atom. The average molecular weight is 275 g/mol. The molecule has 5 rings (SSSR count). The first-order valence-electron chi connectivity index (χ1n) is 8.15. The molecule has 4 aliphatic rings. The van der Waals surface area contributed by atoms with E-state index in [2.05, 4.69) is 15.8 Å². The summed E-state index contributed by atoms with van der Waals surface area (Å²) in [6.07, 6.45) is 9.17. The fourth-order valence-electron chi connectivity index (χ4n) is 5.39. The fourth-order valence-corrected chi connectivity index (χ4v) is 5.39. The molecular formula is C16H25N3O. The molecule has 4 nitrogen and oxygen atoms in total. The van der Waals surface area contributed by atoms with Gasteiger partial charge < -0.3 is 10.8 Å². The van der Waals surface area contributed by atoms with Crippen molar-refractivity contribution in [2.45, 2.75) is 50.7 Å². The van der Waals surface area contributed by atoms with Crippen LogP contribution in [0.15, 0.2) is 12.3 Å². The van der Waals surface area contributed by atoms with Crippen LogP contribution in [0, 0.1) is 23.7 Å². The highest BCUT2D eigenvalue weighted by molar-refractivity contribution is 5.08. The zero-order chi connectivity index (χ0) is 13.7. The van der Waals surface area contributed by atoms with E-state index in [0.717, 1.165) is 23.7 Å². The van der Waals surface area contributed by atoms with Crippen LogP contribution in [0.2, 0.25) is 0 Å². The molecule has 4 saturated carbocycles. The van der Waals surface area contributed by atoms with Gasteiger partial charge in [-0.3, -0.25) is 4.68 Å². The molecule has 0 aliphatic heterocycles. The van der Waals surface area contributed by atoms with Gasteiger partial charge in [-0.25, -0.2) is 0 Å². The van der Waals surface area contributed by atoms with E-state index in [0.29, 0.717) is 19.0 Å². The number of aliphatic hydroxyl groups excluding tert-OH is 1. The van der Waals surface area contributed by atoms with Crippen molar-refractivity contribution in [2.24, 2.45) is 29.4 Å². The summed E-state index contributed by atoms with van der Waals surface area (Å²) in [4.78, 5) is 0. The molecule has 0 saturated heterocycles. The maximum atomic E-state index is 9.84. The molecule has 1 aromatic heterocycles. The Balaban J connectivity index is 1.60. The lowest BCUT2D eigenvalue weighted by Crippen LogP contribution is -2.46. The summed E-state index contributed by atoms with van der Waals surface area (Å²) in [6.45, 7) is 0.326. The number of aromatic nitrogens is 2. The first-order valence-corrected chi connectivity index (χ1v) is 8.15. The minimum Gasteiger partial charge on any atom is -0.391 e. The Morgan fingerprint density at radius 3 is 2.45 bits per heavy atom. The van der Waals surface area contributed by atoms with Crippen molar-refractivity contribution < 1.29 is 5.11 Å². The monoisotopic (exact) mass is 275 g/mol. The molecule has 4 fully saturated rings. The molecule has 3 N–H and O–H groups in total. The minimum atomic E-state index is -0.442. The Hall–Kier alpha value is -0.870. The van der Waals surface area contributed by atoms with E-state index in [4.69, 9.17) is 5.73 Å². The number of nitrogens with two attached hydrogens (primary N) is 1. The lowest BCUT2D eigenvalue weighted by molar-refractivity contribution is -0.0350. The van der Waals surface area contributed by atoms with Crippen LogP contribution in [-0.4, -0.2) is 27.5 Å². The standard InChI is InChI=1S/C16H25N3O/c17-9-15(20)8-14-1-2-18-19(14)16-12-4-10-3-11(6-12)7-13(16)5-10/h1-2,10-13,15-16,20H,3-9,17H2. The summed E-state index contributed by atoms with van der Waals surface area (Å²) < 4.78 is 2.24. The van der Waals surface area contributed by atoms with Crippen molar-refractivity contribution in [3.63, 3.8) is 0 Å². The average Bonchev–Trinajstić information content (AvgIpc) is 2.85. The molecule has 110 valence electrons. The molecule has 0 radical (unpaired) electrons. The molecule has 1 heterocycles. The first-order chi connectivity index (χ1) is 9.74. The zero-order valence-electron chi connectivity index (χ0n) is 12.0. The molecule has 1 atom stereocenters. The second-order valence-electron chi connectivity index (χ2n) is 7.28. The zero-order valence-corrected chi connectivity index (χ0v) is 12.0. The SMILES string of the molecule is NCC(O)Cc1ccnn1C1C2CC3CC(C2)CC1C3.